The van der Waals surface area contributed by atoms with Crippen molar-refractivity contribution in [1.29, 1.82) is 0 Å². The molecule has 0 unspecified atom stereocenters. The Labute approximate surface area is 156 Å². The van der Waals surface area contributed by atoms with Crippen LogP contribution in [-0.4, -0.2) is 30.2 Å². The van der Waals surface area contributed by atoms with Crippen molar-refractivity contribution in [3.63, 3.8) is 0 Å². The molecular weight excluding hydrogens is 346 g/mol. The van der Waals surface area contributed by atoms with E-state index in [2.05, 4.69) is 5.32 Å². The van der Waals surface area contributed by atoms with Crippen molar-refractivity contribution >= 4 is 28.4 Å². The Morgan fingerprint density at radius 1 is 1.00 bits per heavy atom. The van der Waals surface area contributed by atoms with Crippen molar-refractivity contribution in [2.24, 2.45) is 0 Å². The zero-order valence-electron chi connectivity index (χ0n) is 14.8. The third-order valence-corrected chi connectivity index (χ3v) is 3.88. The molecule has 0 atom stereocenters. The van der Waals surface area contributed by atoms with E-state index < -0.39 is 11.9 Å². The van der Waals surface area contributed by atoms with Crippen molar-refractivity contribution < 1.29 is 24.2 Å². The number of benzene rings is 3. The van der Waals surface area contributed by atoms with Gasteiger partial charge in [0, 0.05) is 19.2 Å². The van der Waals surface area contributed by atoms with Crippen LogP contribution >= 0.6 is 0 Å². The maximum atomic E-state index is 11.3. The van der Waals surface area contributed by atoms with Gasteiger partial charge in [0.2, 0.25) is 0 Å². The van der Waals surface area contributed by atoms with E-state index in [0.29, 0.717) is 18.8 Å². The summed E-state index contributed by atoms with van der Waals surface area (Å²) in [6, 6.07) is 18.5. The molecule has 0 spiro atoms. The number of rotatable bonds is 7. The lowest BCUT2D eigenvalue weighted by atomic mass is 10.1. The molecule has 3 aromatic rings. The summed E-state index contributed by atoms with van der Waals surface area (Å²) in [7, 11) is 0. The summed E-state index contributed by atoms with van der Waals surface area (Å²) in [5.74, 6) is -0.941. The molecule has 0 aromatic heterocycles. The highest BCUT2D eigenvalue weighted by molar-refractivity contribution is 5.93. The van der Waals surface area contributed by atoms with E-state index in [9.17, 15) is 14.7 Å². The summed E-state index contributed by atoms with van der Waals surface area (Å²) in [5.41, 5.74) is 0.524. The largest absolute Gasteiger partial charge is 0.492 e. The van der Waals surface area contributed by atoms with Gasteiger partial charge >= 0.3 is 11.9 Å². The third-order valence-electron chi connectivity index (χ3n) is 3.88. The molecule has 0 saturated heterocycles. The van der Waals surface area contributed by atoms with Crippen LogP contribution in [0.3, 0.4) is 0 Å². The highest BCUT2D eigenvalue weighted by Gasteiger charge is 2.14. The van der Waals surface area contributed by atoms with Crippen LogP contribution in [0, 0.1) is 0 Å². The van der Waals surface area contributed by atoms with Gasteiger partial charge in [-0.25, -0.2) is 4.79 Å². The SMILES string of the molecule is CC(=O)Oc1ccc(NCCOc2ccc3ccccc3c2)cc1C(=O)O. The molecule has 0 heterocycles. The quantitative estimate of drug-likeness (QED) is 0.375. The summed E-state index contributed by atoms with van der Waals surface area (Å²) in [6.45, 7) is 2.12. The molecule has 0 aliphatic rings. The maximum Gasteiger partial charge on any atom is 0.339 e. The van der Waals surface area contributed by atoms with Crippen molar-refractivity contribution in [3.8, 4) is 11.5 Å². The molecule has 3 aromatic carbocycles. The molecule has 27 heavy (non-hydrogen) atoms. The van der Waals surface area contributed by atoms with Gasteiger partial charge in [-0.3, -0.25) is 4.79 Å². The number of carboxylic acids is 1. The van der Waals surface area contributed by atoms with Crippen LogP contribution in [-0.2, 0) is 4.79 Å². The molecule has 0 radical (unpaired) electrons. The summed E-state index contributed by atoms with van der Waals surface area (Å²) in [4.78, 5) is 22.4. The number of hydrogen-bond acceptors (Lipinski definition) is 5. The zero-order valence-corrected chi connectivity index (χ0v) is 14.8. The first-order chi connectivity index (χ1) is 13.0. The molecule has 0 aliphatic carbocycles. The van der Waals surface area contributed by atoms with Gasteiger partial charge in [-0.2, -0.15) is 0 Å². The first kappa shape index (κ1) is 18.3. The summed E-state index contributed by atoms with van der Waals surface area (Å²) >= 11 is 0. The van der Waals surface area contributed by atoms with E-state index in [-0.39, 0.29) is 11.3 Å². The van der Waals surface area contributed by atoms with Crippen LogP contribution in [0.25, 0.3) is 10.8 Å². The first-order valence-corrected chi connectivity index (χ1v) is 8.44. The summed E-state index contributed by atoms with van der Waals surface area (Å²) in [6.07, 6.45) is 0. The molecule has 0 fully saturated rings. The third kappa shape index (κ3) is 4.76. The minimum atomic E-state index is -1.16. The fourth-order valence-electron chi connectivity index (χ4n) is 2.67. The fraction of sp³-hybridized carbons (Fsp3) is 0.143. The number of hydrogen-bond donors (Lipinski definition) is 2. The molecule has 3 rings (SSSR count). The van der Waals surface area contributed by atoms with Gasteiger partial charge in [-0.1, -0.05) is 30.3 Å². The highest BCUT2D eigenvalue weighted by Crippen LogP contribution is 2.23. The number of esters is 1. The van der Waals surface area contributed by atoms with Gasteiger partial charge in [-0.15, -0.1) is 0 Å². The van der Waals surface area contributed by atoms with Gasteiger partial charge in [-0.05, 0) is 41.1 Å². The molecule has 0 bridgehead atoms. The number of aromatic carboxylic acids is 1. The average molecular weight is 365 g/mol. The molecule has 0 saturated carbocycles. The predicted octanol–water partition coefficient (Wildman–Crippen LogP) is 3.95. The van der Waals surface area contributed by atoms with Gasteiger partial charge < -0.3 is 19.9 Å². The van der Waals surface area contributed by atoms with Crippen molar-refractivity contribution in [2.75, 3.05) is 18.5 Å². The Morgan fingerprint density at radius 3 is 2.52 bits per heavy atom. The summed E-state index contributed by atoms with van der Waals surface area (Å²) in [5, 5.41) is 14.6. The van der Waals surface area contributed by atoms with E-state index in [0.717, 1.165) is 16.5 Å². The standard InChI is InChI=1S/C21H19NO5/c1-14(23)27-20-9-7-17(13-19(20)21(24)25)22-10-11-26-18-8-6-15-4-2-3-5-16(15)12-18/h2-9,12-13,22H,10-11H2,1H3,(H,24,25). The highest BCUT2D eigenvalue weighted by atomic mass is 16.5. The number of carboxylic acid groups (broad SMARTS) is 1. The number of carbonyl (C=O) groups is 2. The van der Waals surface area contributed by atoms with Gasteiger partial charge in [0.05, 0.1) is 0 Å². The fourth-order valence-corrected chi connectivity index (χ4v) is 2.67. The van der Waals surface area contributed by atoms with Crippen LogP contribution in [0.15, 0.2) is 60.7 Å². The van der Waals surface area contributed by atoms with E-state index in [1.54, 1.807) is 6.07 Å². The minimum absolute atomic E-state index is 0.0213. The van der Waals surface area contributed by atoms with E-state index in [1.807, 2.05) is 42.5 Å². The molecule has 0 aliphatic heterocycles. The molecule has 0 amide bonds. The second-order valence-corrected chi connectivity index (χ2v) is 5.89. The number of nitrogens with one attached hydrogen (secondary N) is 1. The van der Waals surface area contributed by atoms with Crippen molar-refractivity contribution in [3.05, 3.63) is 66.2 Å². The summed E-state index contributed by atoms with van der Waals surface area (Å²) < 4.78 is 10.6. The Kier molecular flexibility index (Phi) is 5.56. The number of fused-ring (bicyclic) bond motifs is 1. The zero-order chi connectivity index (χ0) is 19.2. The van der Waals surface area contributed by atoms with Gasteiger partial charge in [0.15, 0.2) is 0 Å². The lowest BCUT2D eigenvalue weighted by Crippen LogP contribution is -2.13. The number of carbonyl (C=O) groups excluding carboxylic acids is 1. The number of anilines is 1. The first-order valence-electron chi connectivity index (χ1n) is 8.44. The Balaban J connectivity index is 1.58. The molecular formula is C21H19NO5. The van der Waals surface area contributed by atoms with Gasteiger partial charge in [0.1, 0.15) is 23.7 Å². The molecule has 138 valence electrons. The van der Waals surface area contributed by atoms with Crippen LogP contribution in [0.5, 0.6) is 11.5 Å². The predicted molar refractivity (Wildman–Crippen MR) is 103 cm³/mol. The topological polar surface area (TPSA) is 84.9 Å². The minimum Gasteiger partial charge on any atom is -0.492 e. The number of ether oxygens (including phenoxy) is 2. The van der Waals surface area contributed by atoms with E-state index in [4.69, 9.17) is 9.47 Å². The normalized spacial score (nSPS) is 10.4. The second-order valence-electron chi connectivity index (χ2n) is 5.89. The van der Waals surface area contributed by atoms with Gasteiger partial charge in [0.25, 0.3) is 0 Å². The van der Waals surface area contributed by atoms with Crippen molar-refractivity contribution in [2.45, 2.75) is 6.92 Å². The monoisotopic (exact) mass is 365 g/mol. The van der Waals surface area contributed by atoms with E-state index >= 15 is 0 Å². The molecule has 6 nitrogen and oxygen atoms in total. The Morgan fingerprint density at radius 2 is 1.78 bits per heavy atom. The van der Waals surface area contributed by atoms with Crippen molar-refractivity contribution in [1.82, 2.24) is 0 Å². The maximum absolute atomic E-state index is 11.3. The van der Waals surface area contributed by atoms with Crippen LogP contribution in [0.2, 0.25) is 0 Å². The average Bonchev–Trinajstić information content (AvgIpc) is 2.65. The lowest BCUT2D eigenvalue weighted by Gasteiger charge is -2.11. The smallest absolute Gasteiger partial charge is 0.339 e. The van der Waals surface area contributed by atoms with Crippen LogP contribution in [0.4, 0.5) is 5.69 Å². The second kappa shape index (κ2) is 8.23. The Hall–Kier alpha value is -3.54. The molecule has 6 heteroatoms. The van der Waals surface area contributed by atoms with E-state index in [1.165, 1.54) is 19.1 Å². The van der Waals surface area contributed by atoms with Crippen LogP contribution < -0.4 is 14.8 Å². The lowest BCUT2D eigenvalue weighted by molar-refractivity contribution is -0.131. The Bertz CT molecular complexity index is 983. The van der Waals surface area contributed by atoms with Crippen LogP contribution in [0.1, 0.15) is 17.3 Å². The molecule has 2 N–H and O–H groups in total.